The number of nitrogens with one attached hydrogen (secondary N) is 1. The van der Waals surface area contributed by atoms with Crippen LogP contribution in [0.25, 0.3) is 0 Å². The van der Waals surface area contributed by atoms with Crippen LogP contribution in [-0.2, 0) is 0 Å². The van der Waals surface area contributed by atoms with Crippen LogP contribution in [0.1, 0.15) is 44.9 Å². The van der Waals surface area contributed by atoms with E-state index in [9.17, 15) is 0 Å². The van der Waals surface area contributed by atoms with Gasteiger partial charge in [-0.2, -0.15) is 0 Å². The molecule has 3 rings (SSSR count). The third-order valence-corrected chi connectivity index (χ3v) is 5.11. The van der Waals surface area contributed by atoms with Crippen molar-refractivity contribution in [2.75, 3.05) is 49.5 Å². The van der Waals surface area contributed by atoms with Crippen LogP contribution in [-0.4, -0.2) is 54.1 Å². The Morgan fingerprint density at radius 3 is 2.67 bits per heavy atom. The lowest BCUT2D eigenvalue weighted by molar-refractivity contribution is 0.270. The predicted molar refractivity (Wildman–Crippen MR) is 101 cm³/mol. The van der Waals surface area contributed by atoms with Crippen molar-refractivity contribution in [3.63, 3.8) is 0 Å². The standard InChI is InChI=1S/C19H31N5/c1-3-23-11-13-24(14-12-23)19-15-18(21-16(2)22-19)20-10-9-17-7-5-4-6-8-17/h7,15H,3-6,8-14H2,1-2H3,(H,20,21,22). The summed E-state index contributed by atoms with van der Waals surface area (Å²) in [6.07, 6.45) is 8.80. The number of anilines is 2. The van der Waals surface area contributed by atoms with E-state index in [4.69, 9.17) is 0 Å². The third-order valence-electron chi connectivity index (χ3n) is 5.11. The molecule has 1 N–H and O–H groups in total. The van der Waals surface area contributed by atoms with E-state index in [1.165, 1.54) is 25.7 Å². The Bertz CT molecular complexity index is 561. The fraction of sp³-hybridized carbons (Fsp3) is 0.684. The molecule has 1 aliphatic carbocycles. The molecule has 1 aliphatic heterocycles. The van der Waals surface area contributed by atoms with Crippen LogP contribution in [0.3, 0.4) is 0 Å². The highest BCUT2D eigenvalue weighted by molar-refractivity contribution is 5.49. The van der Waals surface area contributed by atoms with E-state index in [0.717, 1.165) is 63.1 Å². The summed E-state index contributed by atoms with van der Waals surface area (Å²) in [5.41, 5.74) is 1.61. The lowest BCUT2D eigenvalue weighted by Crippen LogP contribution is -2.46. The second-order valence-electron chi connectivity index (χ2n) is 6.86. The highest BCUT2D eigenvalue weighted by Crippen LogP contribution is 2.21. The van der Waals surface area contributed by atoms with Crippen molar-refractivity contribution in [3.05, 3.63) is 23.5 Å². The predicted octanol–water partition coefficient (Wildman–Crippen LogP) is 3.23. The van der Waals surface area contributed by atoms with E-state index in [1.54, 1.807) is 5.57 Å². The molecule has 5 nitrogen and oxygen atoms in total. The molecule has 0 amide bonds. The van der Waals surface area contributed by atoms with Gasteiger partial charge in [-0.3, -0.25) is 0 Å². The molecule has 0 aromatic carbocycles. The summed E-state index contributed by atoms with van der Waals surface area (Å²) in [6.45, 7) is 10.7. The zero-order valence-corrected chi connectivity index (χ0v) is 15.2. The lowest BCUT2D eigenvalue weighted by Gasteiger charge is -2.34. The van der Waals surface area contributed by atoms with Gasteiger partial charge in [0.05, 0.1) is 0 Å². The summed E-state index contributed by atoms with van der Waals surface area (Å²) < 4.78 is 0. The molecular formula is C19H31N5. The molecule has 2 aliphatic rings. The topological polar surface area (TPSA) is 44.3 Å². The van der Waals surface area contributed by atoms with E-state index in [-0.39, 0.29) is 0 Å². The molecule has 1 aromatic heterocycles. The minimum absolute atomic E-state index is 0.852. The Morgan fingerprint density at radius 1 is 1.12 bits per heavy atom. The minimum Gasteiger partial charge on any atom is -0.370 e. The molecule has 0 atom stereocenters. The zero-order chi connectivity index (χ0) is 16.8. The smallest absolute Gasteiger partial charge is 0.134 e. The normalized spacial score (nSPS) is 19.2. The van der Waals surface area contributed by atoms with Gasteiger partial charge in [0.1, 0.15) is 17.5 Å². The molecule has 0 bridgehead atoms. The van der Waals surface area contributed by atoms with Gasteiger partial charge in [-0.05, 0) is 45.6 Å². The fourth-order valence-electron chi connectivity index (χ4n) is 3.58. The number of likely N-dealkylation sites (N-methyl/N-ethyl adjacent to an activating group) is 1. The summed E-state index contributed by atoms with van der Waals surface area (Å²) in [7, 11) is 0. The first-order valence-electron chi connectivity index (χ1n) is 9.49. The maximum atomic E-state index is 4.65. The molecular weight excluding hydrogens is 298 g/mol. The van der Waals surface area contributed by atoms with Gasteiger partial charge in [-0.25, -0.2) is 9.97 Å². The summed E-state index contributed by atoms with van der Waals surface area (Å²) in [5, 5.41) is 3.50. The maximum absolute atomic E-state index is 4.65. The molecule has 0 radical (unpaired) electrons. The first-order valence-corrected chi connectivity index (χ1v) is 9.49. The van der Waals surface area contributed by atoms with Gasteiger partial charge < -0.3 is 15.1 Å². The fourth-order valence-corrected chi connectivity index (χ4v) is 3.58. The Kier molecular flexibility index (Phi) is 6.07. The van der Waals surface area contributed by atoms with Crippen LogP contribution in [0.4, 0.5) is 11.6 Å². The average molecular weight is 329 g/mol. The van der Waals surface area contributed by atoms with Gasteiger partial charge in [0, 0.05) is 38.8 Å². The number of nitrogens with zero attached hydrogens (tertiary/aromatic N) is 4. The van der Waals surface area contributed by atoms with Gasteiger partial charge in [-0.1, -0.05) is 18.6 Å². The number of aromatic nitrogens is 2. The van der Waals surface area contributed by atoms with Crippen LogP contribution < -0.4 is 10.2 Å². The van der Waals surface area contributed by atoms with E-state index in [1.807, 2.05) is 6.92 Å². The Balaban J connectivity index is 1.56. The monoisotopic (exact) mass is 329 g/mol. The zero-order valence-electron chi connectivity index (χ0n) is 15.2. The number of allylic oxidation sites excluding steroid dienone is 1. The van der Waals surface area contributed by atoms with Crippen LogP contribution in [0, 0.1) is 6.92 Å². The van der Waals surface area contributed by atoms with E-state index in [0.29, 0.717) is 0 Å². The second kappa shape index (κ2) is 8.47. The largest absolute Gasteiger partial charge is 0.370 e. The van der Waals surface area contributed by atoms with Gasteiger partial charge >= 0.3 is 0 Å². The van der Waals surface area contributed by atoms with Crippen molar-refractivity contribution in [2.24, 2.45) is 0 Å². The van der Waals surface area contributed by atoms with Gasteiger partial charge in [0.15, 0.2) is 0 Å². The van der Waals surface area contributed by atoms with Crippen molar-refractivity contribution in [1.82, 2.24) is 14.9 Å². The van der Waals surface area contributed by atoms with Crippen LogP contribution >= 0.6 is 0 Å². The molecule has 132 valence electrons. The first kappa shape index (κ1) is 17.2. The van der Waals surface area contributed by atoms with Gasteiger partial charge in [0.25, 0.3) is 0 Å². The maximum Gasteiger partial charge on any atom is 0.134 e. The number of piperazine rings is 1. The van der Waals surface area contributed by atoms with Crippen molar-refractivity contribution < 1.29 is 0 Å². The number of aryl methyl sites for hydroxylation is 1. The van der Waals surface area contributed by atoms with Crippen molar-refractivity contribution in [3.8, 4) is 0 Å². The van der Waals surface area contributed by atoms with E-state index in [2.05, 4.69) is 44.2 Å². The van der Waals surface area contributed by atoms with E-state index >= 15 is 0 Å². The van der Waals surface area contributed by atoms with Crippen molar-refractivity contribution in [2.45, 2.75) is 46.0 Å². The third kappa shape index (κ3) is 4.69. The average Bonchev–Trinajstić information content (AvgIpc) is 2.62. The summed E-state index contributed by atoms with van der Waals surface area (Å²) >= 11 is 0. The van der Waals surface area contributed by atoms with Gasteiger partial charge in [-0.15, -0.1) is 0 Å². The van der Waals surface area contributed by atoms with Crippen LogP contribution in [0.2, 0.25) is 0 Å². The number of hydrogen-bond donors (Lipinski definition) is 1. The SMILES string of the molecule is CCN1CCN(c2cc(NCCC3=CCCCC3)nc(C)n2)CC1. The lowest BCUT2D eigenvalue weighted by atomic mass is 9.97. The molecule has 24 heavy (non-hydrogen) atoms. The molecule has 1 fully saturated rings. The van der Waals surface area contributed by atoms with Crippen molar-refractivity contribution in [1.29, 1.82) is 0 Å². The van der Waals surface area contributed by atoms with Crippen LogP contribution in [0.5, 0.6) is 0 Å². The molecule has 5 heteroatoms. The van der Waals surface area contributed by atoms with Crippen LogP contribution in [0.15, 0.2) is 17.7 Å². The van der Waals surface area contributed by atoms with Gasteiger partial charge in [0.2, 0.25) is 0 Å². The molecule has 0 spiro atoms. The van der Waals surface area contributed by atoms with E-state index < -0.39 is 0 Å². The minimum atomic E-state index is 0.852. The number of rotatable bonds is 6. The Morgan fingerprint density at radius 2 is 1.96 bits per heavy atom. The highest BCUT2D eigenvalue weighted by Gasteiger charge is 2.17. The summed E-state index contributed by atoms with van der Waals surface area (Å²) in [4.78, 5) is 14.1. The summed E-state index contributed by atoms with van der Waals surface area (Å²) in [6, 6.07) is 2.11. The van der Waals surface area contributed by atoms with Crippen molar-refractivity contribution >= 4 is 11.6 Å². The molecule has 0 unspecified atom stereocenters. The quantitative estimate of drug-likeness (QED) is 0.812. The first-order chi connectivity index (χ1) is 11.7. The molecule has 2 heterocycles. The summed E-state index contributed by atoms with van der Waals surface area (Å²) in [5.74, 6) is 2.88. The Hall–Kier alpha value is -1.62. The number of hydrogen-bond acceptors (Lipinski definition) is 5. The molecule has 1 saturated heterocycles. The second-order valence-corrected chi connectivity index (χ2v) is 6.86. The highest BCUT2D eigenvalue weighted by atomic mass is 15.3. The molecule has 1 aromatic rings. The Labute approximate surface area is 146 Å². The molecule has 0 saturated carbocycles.